The Morgan fingerprint density at radius 3 is 2.78 bits per heavy atom. The van der Waals surface area contributed by atoms with Crippen LogP contribution in [-0.2, 0) is 4.79 Å². The van der Waals surface area contributed by atoms with Crippen LogP contribution in [0.15, 0.2) is 35.5 Å². The van der Waals surface area contributed by atoms with Crippen LogP contribution < -0.4 is 0 Å². The van der Waals surface area contributed by atoms with Crippen molar-refractivity contribution >= 4 is 23.1 Å². The van der Waals surface area contributed by atoms with Gasteiger partial charge in [-0.2, -0.15) is 0 Å². The molecule has 0 radical (unpaired) electrons. The molecule has 0 unspecified atom stereocenters. The standard InChI is InChI=1S/C14H16N2O2/c1-9(2)13(14(17)18)16-8-10-7-15-12-6-4-3-5-11(10)12/h3-9,13,15H,1-2H3,(H,17,18)/t13-/m0/s1. The van der Waals surface area contributed by atoms with Crippen molar-refractivity contribution in [3.8, 4) is 0 Å². The van der Waals surface area contributed by atoms with Gasteiger partial charge in [-0.15, -0.1) is 0 Å². The molecule has 0 spiro atoms. The summed E-state index contributed by atoms with van der Waals surface area (Å²) in [4.78, 5) is 18.3. The SMILES string of the molecule is CC(C)[C@H](N=Cc1c[nH]c2ccccc12)C(=O)O. The lowest BCUT2D eigenvalue weighted by Crippen LogP contribution is -2.24. The summed E-state index contributed by atoms with van der Waals surface area (Å²) in [5.74, 6) is -0.912. The van der Waals surface area contributed by atoms with E-state index in [-0.39, 0.29) is 5.92 Å². The summed E-state index contributed by atoms with van der Waals surface area (Å²) in [6.45, 7) is 3.71. The van der Waals surface area contributed by atoms with E-state index in [4.69, 9.17) is 5.11 Å². The summed E-state index contributed by atoms with van der Waals surface area (Å²) >= 11 is 0. The number of nitrogens with one attached hydrogen (secondary N) is 1. The fourth-order valence-electron chi connectivity index (χ4n) is 1.88. The lowest BCUT2D eigenvalue weighted by molar-refractivity contribution is -0.139. The zero-order valence-electron chi connectivity index (χ0n) is 10.4. The number of rotatable bonds is 4. The van der Waals surface area contributed by atoms with E-state index < -0.39 is 12.0 Å². The van der Waals surface area contributed by atoms with E-state index in [1.54, 1.807) is 6.21 Å². The van der Waals surface area contributed by atoms with Gasteiger partial charge in [0.1, 0.15) is 6.04 Å². The molecule has 0 saturated heterocycles. The van der Waals surface area contributed by atoms with E-state index in [1.165, 1.54) is 0 Å². The predicted octanol–water partition coefficient (Wildman–Crippen LogP) is 2.70. The first-order chi connectivity index (χ1) is 8.59. The maximum absolute atomic E-state index is 11.0. The van der Waals surface area contributed by atoms with Crippen molar-refractivity contribution in [2.24, 2.45) is 10.9 Å². The van der Waals surface area contributed by atoms with E-state index in [1.807, 2.05) is 44.3 Å². The Morgan fingerprint density at radius 2 is 2.11 bits per heavy atom. The summed E-state index contributed by atoms with van der Waals surface area (Å²) in [6, 6.07) is 7.17. The van der Waals surface area contributed by atoms with Crippen LogP contribution in [0.1, 0.15) is 19.4 Å². The predicted molar refractivity (Wildman–Crippen MR) is 72.2 cm³/mol. The molecule has 0 saturated carbocycles. The fourth-order valence-corrected chi connectivity index (χ4v) is 1.88. The van der Waals surface area contributed by atoms with E-state index in [0.717, 1.165) is 16.5 Å². The maximum Gasteiger partial charge on any atom is 0.328 e. The molecule has 0 aliphatic heterocycles. The Balaban J connectivity index is 2.30. The number of fused-ring (bicyclic) bond motifs is 1. The van der Waals surface area contributed by atoms with E-state index in [2.05, 4.69) is 9.98 Å². The van der Waals surface area contributed by atoms with Crippen molar-refractivity contribution in [2.75, 3.05) is 0 Å². The van der Waals surface area contributed by atoms with Crippen molar-refractivity contribution in [3.05, 3.63) is 36.0 Å². The Hall–Kier alpha value is -2.10. The van der Waals surface area contributed by atoms with Crippen molar-refractivity contribution < 1.29 is 9.90 Å². The Bertz CT molecular complexity index is 584. The van der Waals surface area contributed by atoms with Gasteiger partial charge in [0.15, 0.2) is 0 Å². The molecule has 0 aliphatic carbocycles. The molecule has 0 aliphatic rings. The highest BCUT2D eigenvalue weighted by Crippen LogP contribution is 2.16. The van der Waals surface area contributed by atoms with Gasteiger partial charge in [-0.05, 0) is 12.0 Å². The molecular weight excluding hydrogens is 228 g/mol. The van der Waals surface area contributed by atoms with Crippen molar-refractivity contribution in [1.29, 1.82) is 0 Å². The smallest absolute Gasteiger partial charge is 0.328 e. The van der Waals surface area contributed by atoms with Crippen LogP contribution in [0.2, 0.25) is 0 Å². The van der Waals surface area contributed by atoms with Gasteiger partial charge >= 0.3 is 5.97 Å². The zero-order valence-corrected chi connectivity index (χ0v) is 10.4. The Labute approximate surface area is 105 Å². The number of aromatic amines is 1. The molecule has 0 bridgehead atoms. The number of hydrogen-bond donors (Lipinski definition) is 2. The van der Waals surface area contributed by atoms with Gasteiger partial charge in [-0.25, -0.2) is 4.79 Å². The number of para-hydroxylation sites is 1. The second-order valence-corrected chi connectivity index (χ2v) is 4.59. The average Bonchev–Trinajstić information content (AvgIpc) is 2.72. The maximum atomic E-state index is 11.0. The number of aliphatic imine (C=N–C) groups is 1. The number of nitrogens with zero attached hydrogens (tertiary/aromatic N) is 1. The highest BCUT2D eigenvalue weighted by Gasteiger charge is 2.19. The molecule has 1 atom stereocenters. The average molecular weight is 244 g/mol. The number of aromatic nitrogens is 1. The third kappa shape index (κ3) is 2.42. The normalized spacial score (nSPS) is 13.5. The van der Waals surface area contributed by atoms with E-state index >= 15 is 0 Å². The number of H-pyrrole nitrogens is 1. The lowest BCUT2D eigenvalue weighted by Gasteiger charge is -2.10. The monoisotopic (exact) mass is 244 g/mol. The lowest BCUT2D eigenvalue weighted by atomic mass is 10.1. The molecule has 0 amide bonds. The molecule has 1 aromatic heterocycles. The molecule has 94 valence electrons. The first-order valence-electron chi connectivity index (χ1n) is 5.91. The molecular formula is C14H16N2O2. The van der Waals surface area contributed by atoms with Crippen molar-refractivity contribution in [3.63, 3.8) is 0 Å². The number of benzene rings is 1. The second kappa shape index (κ2) is 5.04. The van der Waals surface area contributed by atoms with Crippen LogP contribution in [-0.4, -0.2) is 28.3 Å². The van der Waals surface area contributed by atoms with Crippen molar-refractivity contribution in [2.45, 2.75) is 19.9 Å². The summed E-state index contributed by atoms with van der Waals surface area (Å²) in [5.41, 5.74) is 1.94. The summed E-state index contributed by atoms with van der Waals surface area (Å²) in [6.07, 6.45) is 3.48. The topological polar surface area (TPSA) is 65.5 Å². The van der Waals surface area contributed by atoms with Crippen LogP contribution in [0.3, 0.4) is 0 Å². The largest absolute Gasteiger partial charge is 0.480 e. The number of carboxylic acid groups (broad SMARTS) is 1. The van der Waals surface area contributed by atoms with Crippen LogP contribution >= 0.6 is 0 Å². The van der Waals surface area contributed by atoms with Gasteiger partial charge in [0.25, 0.3) is 0 Å². The first-order valence-corrected chi connectivity index (χ1v) is 5.91. The Morgan fingerprint density at radius 1 is 1.39 bits per heavy atom. The van der Waals surface area contributed by atoms with Gasteiger partial charge in [0, 0.05) is 28.9 Å². The number of aliphatic carboxylic acids is 1. The van der Waals surface area contributed by atoms with Crippen LogP contribution in [0.5, 0.6) is 0 Å². The third-order valence-corrected chi connectivity index (χ3v) is 2.88. The molecule has 4 nitrogen and oxygen atoms in total. The summed E-state index contributed by atoms with van der Waals surface area (Å²) in [5, 5.41) is 10.1. The molecule has 18 heavy (non-hydrogen) atoms. The van der Waals surface area contributed by atoms with Crippen LogP contribution in [0.25, 0.3) is 10.9 Å². The quantitative estimate of drug-likeness (QED) is 0.812. The first kappa shape index (κ1) is 12.4. The highest BCUT2D eigenvalue weighted by atomic mass is 16.4. The number of carbonyl (C=O) groups is 1. The van der Waals surface area contributed by atoms with Gasteiger partial charge in [-0.1, -0.05) is 32.0 Å². The minimum Gasteiger partial charge on any atom is -0.480 e. The fraction of sp³-hybridized carbons (Fsp3) is 0.286. The van der Waals surface area contributed by atoms with Gasteiger partial charge in [0.2, 0.25) is 0 Å². The van der Waals surface area contributed by atoms with Crippen molar-refractivity contribution in [1.82, 2.24) is 4.98 Å². The van der Waals surface area contributed by atoms with Gasteiger partial charge in [-0.3, -0.25) is 4.99 Å². The Kier molecular flexibility index (Phi) is 3.46. The minimum absolute atomic E-state index is 0.0241. The summed E-state index contributed by atoms with van der Waals surface area (Å²) < 4.78 is 0. The molecule has 2 aromatic rings. The summed E-state index contributed by atoms with van der Waals surface area (Å²) in [7, 11) is 0. The zero-order chi connectivity index (χ0) is 13.1. The number of hydrogen-bond acceptors (Lipinski definition) is 2. The highest BCUT2D eigenvalue weighted by molar-refractivity contribution is 5.99. The molecule has 2 rings (SSSR count). The molecule has 2 N–H and O–H groups in total. The number of carboxylic acids is 1. The molecule has 1 aromatic carbocycles. The molecule has 4 heteroatoms. The van der Waals surface area contributed by atoms with Gasteiger partial charge < -0.3 is 10.1 Å². The van der Waals surface area contributed by atoms with Gasteiger partial charge in [0.05, 0.1) is 0 Å². The van der Waals surface area contributed by atoms with Crippen LogP contribution in [0, 0.1) is 5.92 Å². The second-order valence-electron chi connectivity index (χ2n) is 4.59. The molecule has 0 fully saturated rings. The third-order valence-electron chi connectivity index (χ3n) is 2.88. The minimum atomic E-state index is -0.888. The van der Waals surface area contributed by atoms with Crippen LogP contribution in [0.4, 0.5) is 0 Å². The van der Waals surface area contributed by atoms with E-state index in [0.29, 0.717) is 0 Å². The van der Waals surface area contributed by atoms with E-state index in [9.17, 15) is 4.79 Å². The molecule has 1 heterocycles.